The van der Waals surface area contributed by atoms with Crippen LogP contribution in [0.1, 0.15) is 29.7 Å². The molecule has 1 saturated heterocycles. The van der Waals surface area contributed by atoms with Gasteiger partial charge in [0.2, 0.25) is 0 Å². The fourth-order valence-electron chi connectivity index (χ4n) is 5.13. The van der Waals surface area contributed by atoms with Gasteiger partial charge in [-0.2, -0.15) is 0 Å². The minimum absolute atomic E-state index is 0.0357. The Labute approximate surface area is 186 Å². The number of carboxylic acid groups (broad SMARTS) is 1. The van der Waals surface area contributed by atoms with Crippen LogP contribution in [0.5, 0.6) is 0 Å². The van der Waals surface area contributed by atoms with Crippen molar-refractivity contribution < 1.29 is 19.4 Å². The number of benzene rings is 2. The zero-order valence-corrected chi connectivity index (χ0v) is 17.8. The van der Waals surface area contributed by atoms with Crippen molar-refractivity contribution in [1.29, 1.82) is 0 Å². The second-order valence-electron chi connectivity index (χ2n) is 8.71. The molecule has 2 heterocycles. The van der Waals surface area contributed by atoms with E-state index in [9.17, 15) is 14.7 Å². The molecule has 1 aromatic heterocycles. The third-order valence-corrected chi connectivity index (χ3v) is 6.83. The van der Waals surface area contributed by atoms with Gasteiger partial charge in [0.05, 0.1) is 5.92 Å². The second-order valence-corrected chi connectivity index (χ2v) is 8.71. The number of amides is 1. The van der Waals surface area contributed by atoms with E-state index >= 15 is 0 Å². The van der Waals surface area contributed by atoms with Gasteiger partial charge >= 0.3 is 12.1 Å². The van der Waals surface area contributed by atoms with E-state index in [1.165, 1.54) is 16.0 Å². The van der Waals surface area contributed by atoms with Crippen molar-refractivity contribution in [3.8, 4) is 11.1 Å². The molecule has 0 radical (unpaired) electrons. The highest BCUT2D eigenvalue weighted by Crippen LogP contribution is 2.45. The van der Waals surface area contributed by atoms with Crippen LogP contribution in [0.2, 0.25) is 0 Å². The van der Waals surface area contributed by atoms with Crippen LogP contribution >= 0.6 is 0 Å². The fourth-order valence-corrected chi connectivity index (χ4v) is 5.13. The Morgan fingerprint density at radius 2 is 1.66 bits per heavy atom. The maximum atomic E-state index is 13.0. The zero-order chi connectivity index (χ0) is 22.3. The topological polar surface area (TPSA) is 79.7 Å². The summed E-state index contributed by atoms with van der Waals surface area (Å²) in [5, 5.41) is 9.82. The molecule has 2 aromatic carbocycles. The monoisotopic (exact) mass is 428 g/mol. The highest BCUT2D eigenvalue weighted by atomic mass is 16.6. The average Bonchev–Trinajstić information content (AvgIpc) is 3.35. The number of carbonyl (C=O) groups excluding carboxylic acids is 1. The van der Waals surface area contributed by atoms with Crippen LogP contribution < -0.4 is 0 Å². The van der Waals surface area contributed by atoms with E-state index in [2.05, 4.69) is 29.2 Å². The van der Waals surface area contributed by atoms with E-state index in [0.717, 1.165) is 11.1 Å². The van der Waals surface area contributed by atoms with Crippen molar-refractivity contribution in [3.05, 3.63) is 89.7 Å². The summed E-state index contributed by atoms with van der Waals surface area (Å²) in [6.45, 7) is 2.41. The molecule has 1 amide bonds. The molecule has 162 valence electrons. The molecule has 2 atom stereocenters. The first-order valence-corrected chi connectivity index (χ1v) is 10.7. The Balaban J connectivity index is 1.35. The van der Waals surface area contributed by atoms with Crippen molar-refractivity contribution in [2.75, 3.05) is 19.7 Å². The number of aromatic nitrogens is 1. The molecule has 32 heavy (non-hydrogen) atoms. The van der Waals surface area contributed by atoms with Crippen LogP contribution in [0.3, 0.4) is 0 Å². The largest absolute Gasteiger partial charge is 0.481 e. The van der Waals surface area contributed by atoms with Gasteiger partial charge in [0, 0.05) is 36.3 Å². The second kappa shape index (κ2) is 7.79. The van der Waals surface area contributed by atoms with Crippen LogP contribution in [-0.4, -0.2) is 46.7 Å². The predicted molar refractivity (Wildman–Crippen MR) is 119 cm³/mol. The molecular weight excluding hydrogens is 404 g/mol. The molecule has 1 N–H and O–H groups in total. The number of aliphatic carboxylic acids is 1. The van der Waals surface area contributed by atoms with E-state index in [-0.39, 0.29) is 25.6 Å². The number of nitrogens with zero attached hydrogens (tertiary/aromatic N) is 2. The smallest absolute Gasteiger partial charge is 0.409 e. The lowest BCUT2D eigenvalue weighted by atomic mass is 9.77. The average molecular weight is 428 g/mol. The quantitative estimate of drug-likeness (QED) is 0.670. The molecular formula is C26H24N2O4. The summed E-state index contributed by atoms with van der Waals surface area (Å²) in [7, 11) is 0. The van der Waals surface area contributed by atoms with Crippen LogP contribution in [0.4, 0.5) is 4.79 Å². The number of hydrogen-bond acceptors (Lipinski definition) is 4. The molecule has 1 aliphatic carbocycles. The van der Waals surface area contributed by atoms with Crippen LogP contribution in [0.25, 0.3) is 11.1 Å². The minimum Gasteiger partial charge on any atom is -0.481 e. The Hall–Kier alpha value is -3.67. The maximum Gasteiger partial charge on any atom is 0.409 e. The summed E-state index contributed by atoms with van der Waals surface area (Å²) in [6.07, 6.45) is 1.16. The Morgan fingerprint density at radius 1 is 1.03 bits per heavy atom. The molecule has 0 spiro atoms. The summed E-state index contributed by atoms with van der Waals surface area (Å²) >= 11 is 0. The number of ether oxygens (including phenoxy) is 1. The third-order valence-electron chi connectivity index (χ3n) is 6.83. The first-order valence-electron chi connectivity index (χ1n) is 10.7. The standard InChI is InChI=1S/C26H24N2O4/c1-26(23-12-6-7-13-27-23)16-28(14-22(26)24(29)30)25(31)32-15-21-19-10-4-2-8-17(19)18-9-3-5-11-20(18)21/h2-13,21-22H,14-16H2,1H3,(H,29,30). The van der Waals surface area contributed by atoms with Gasteiger partial charge in [0.1, 0.15) is 6.61 Å². The first-order chi connectivity index (χ1) is 15.5. The van der Waals surface area contributed by atoms with E-state index in [1.807, 2.05) is 43.3 Å². The van der Waals surface area contributed by atoms with Gasteiger partial charge in [-0.05, 0) is 34.4 Å². The van der Waals surface area contributed by atoms with Crippen molar-refractivity contribution in [2.24, 2.45) is 5.92 Å². The van der Waals surface area contributed by atoms with Gasteiger partial charge in [0.15, 0.2) is 0 Å². The minimum atomic E-state index is -0.938. The number of hydrogen-bond donors (Lipinski definition) is 1. The molecule has 2 unspecified atom stereocenters. The number of fused-ring (bicyclic) bond motifs is 3. The number of likely N-dealkylation sites (tertiary alicyclic amines) is 1. The summed E-state index contributed by atoms with van der Waals surface area (Å²) in [6, 6.07) is 21.8. The molecule has 6 nitrogen and oxygen atoms in total. The van der Waals surface area contributed by atoms with Gasteiger partial charge in [0.25, 0.3) is 0 Å². The summed E-state index contributed by atoms with van der Waals surface area (Å²) < 4.78 is 5.75. The molecule has 0 bridgehead atoms. The van der Waals surface area contributed by atoms with Crippen molar-refractivity contribution in [1.82, 2.24) is 9.88 Å². The zero-order valence-electron chi connectivity index (χ0n) is 17.8. The van der Waals surface area contributed by atoms with Crippen molar-refractivity contribution in [2.45, 2.75) is 18.3 Å². The molecule has 2 aliphatic rings. The highest BCUT2D eigenvalue weighted by molar-refractivity contribution is 5.79. The number of carboxylic acids is 1. The summed E-state index contributed by atoms with van der Waals surface area (Å²) in [5.41, 5.74) is 4.51. The van der Waals surface area contributed by atoms with E-state index < -0.39 is 23.4 Å². The van der Waals surface area contributed by atoms with E-state index in [0.29, 0.717) is 5.69 Å². The highest BCUT2D eigenvalue weighted by Gasteiger charge is 2.51. The Bertz CT molecular complexity index is 1130. The SMILES string of the molecule is CC1(c2ccccn2)CN(C(=O)OCC2c3ccccc3-c3ccccc32)CC1C(=O)O. The van der Waals surface area contributed by atoms with E-state index in [4.69, 9.17) is 4.74 Å². The van der Waals surface area contributed by atoms with Crippen molar-refractivity contribution in [3.63, 3.8) is 0 Å². The number of carbonyl (C=O) groups is 2. The molecule has 1 fully saturated rings. The molecule has 1 aliphatic heterocycles. The van der Waals surface area contributed by atoms with Crippen LogP contribution in [-0.2, 0) is 14.9 Å². The van der Waals surface area contributed by atoms with Gasteiger partial charge in [-0.15, -0.1) is 0 Å². The molecule has 3 aromatic rings. The van der Waals surface area contributed by atoms with Crippen LogP contribution in [0, 0.1) is 5.92 Å². The summed E-state index contributed by atoms with van der Waals surface area (Å²) in [5.74, 6) is -1.73. The Morgan fingerprint density at radius 3 is 2.25 bits per heavy atom. The lowest BCUT2D eigenvalue weighted by molar-refractivity contribution is -0.142. The number of rotatable bonds is 4. The lowest BCUT2D eigenvalue weighted by Crippen LogP contribution is -2.37. The Kier molecular flexibility index (Phi) is 4.93. The van der Waals surface area contributed by atoms with E-state index in [1.54, 1.807) is 12.3 Å². The maximum absolute atomic E-state index is 13.0. The van der Waals surface area contributed by atoms with Gasteiger partial charge in [-0.3, -0.25) is 9.78 Å². The molecule has 6 heteroatoms. The fraction of sp³-hybridized carbons (Fsp3) is 0.269. The lowest BCUT2D eigenvalue weighted by Gasteiger charge is -2.27. The predicted octanol–water partition coefficient (Wildman–Crippen LogP) is 4.30. The van der Waals surface area contributed by atoms with Crippen molar-refractivity contribution >= 4 is 12.1 Å². The van der Waals surface area contributed by atoms with Gasteiger partial charge < -0.3 is 14.7 Å². The normalized spacial score (nSPS) is 21.8. The van der Waals surface area contributed by atoms with Crippen LogP contribution in [0.15, 0.2) is 72.9 Å². The van der Waals surface area contributed by atoms with Gasteiger partial charge in [-0.25, -0.2) is 4.79 Å². The molecule has 0 saturated carbocycles. The third kappa shape index (κ3) is 3.23. The summed E-state index contributed by atoms with van der Waals surface area (Å²) in [4.78, 5) is 30.9. The molecule has 5 rings (SSSR count). The number of pyridine rings is 1. The first kappa shape index (κ1) is 20.2. The van der Waals surface area contributed by atoms with Gasteiger partial charge in [-0.1, -0.05) is 61.5 Å².